The highest BCUT2D eigenvalue weighted by Crippen LogP contribution is 2.22. The molecule has 0 aliphatic carbocycles. The molecule has 1 aromatic carbocycles. The minimum absolute atomic E-state index is 0.00204. The molecule has 1 aliphatic rings. The molecule has 14 heavy (non-hydrogen) atoms. The maximum Gasteiger partial charge on any atom is 0.124 e. The van der Waals surface area contributed by atoms with E-state index >= 15 is 0 Å². The van der Waals surface area contributed by atoms with Gasteiger partial charge in [-0.25, -0.2) is 4.39 Å². The molecule has 4 heteroatoms. The lowest BCUT2D eigenvalue weighted by Gasteiger charge is -2.08. The van der Waals surface area contributed by atoms with E-state index in [1.165, 1.54) is 12.1 Å². The second kappa shape index (κ2) is 3.74. The van der Waals surface area contributed by atoms with Gasteiger partial charge in [-0.15, -0.1) is 0 Å². The van der Waals surface area contributed by atoms with Crippen LogP contribution in [0.5, 0.6) is 0 Å². The van der Waals surface area contributed by atoms with Gasteiger partial charge in [0.05, 0.1) is 24.3 Å². The maximum atomic E-state index is 13.0. The van der Waals surface area contributed by atoms with Crippen LogP contribution < -0.4 is 5.48 Å². The van der Waals surface area contributed by atoms with E-state index in [1.54, 1.807) is 6.07 Å². The van der Waals surface area contributed by atoms with Crippen molar-refractivity contribution in [2.45, 2.75) is 12.5 Å². The van der Waals surface area contributed by atoms with Gasteiger partial charge in [-0.05, 0) is 30.2 Å². The Labute approximate surface area is 81.1 Å². The van der Waals surface area contributed by atoms with Crippen LogP contribution in [0.4, 0.5) is 4.39 Å². The number of benzene rings is 1. The molecule has 72 valence electrons. The summed E-state index contributed by atoms with van der Waals surface area (Å²) >= 11 is 0. The summed E-state index contributed by atoms with van der Waals surface area (Å²) in [6, 6.07) is 6.24. The zero-order chi connectivity index (χ0) is 9.97. The van der Waals surface area contributed by atoms with Gasteiger partial charge >= 0.3 is 0 Å². The molecule has 1 atom stereocenters. The summed E-state index contributed by atoms with van der Waals surface area (Å²) in [5.74, 6) is -0.382. The molecule has 1 aliphatic heterocycles. The van der Waals surface area contributed by atoms with Gasteiger partial charge in [0.2, 0.25) is 0 Å². The molecule has 0 amide bonds. The minimum Gasteiger partial charge on any atom is -0.301 e. The summed E-state index contributed by atoms with van der Waals surface area (Å²) in [6.45, 7) is 0.614. The van der Waals surface area contributed by atoms with Crippen LogP contribution in [0.1, 0.15) is 23.6 Å². The monoisotopic (exact) mass is 192 g/mol. The Hall–Kier alpha value is -1.44. The minimum atomic E-state index is -0.382. The summed E-state index contributed by atoms with van der Waals surface area (Å²) in [6.07, 6.45) is 0.800. The number of rotatable bonds is 1. The second-order valence-corrected chi connectivity index (χ2v) is 3.19. The van der Waals surface area contributed by atoms with Gasteiger partial charge in [-0.2, -0.15) is 10.7 Å². The largest absolute Gasteiger partial charge is 0.301 e. The highest BCUT2D eigenvalue weighted by molar-refractivity contribution is 5.35. The maximum absolute atomic E-state index is 13.0. The predicted molar refractivity (Wildman–Crippen MR) is 47.6 cm³/mol. The number of nitrogens with one attached hydrogen (secondary N) is 1. The summed E-state index contributed by atoms with van der Waals surface area (Å²) < 4.78 is 13.0. The van der Waals surface area contributed by atoms with E-state index in [4.69, 9.17) is 10.1 Å². The first-order valence-corrected chi connectivity index (χ1v) is 4.37. The highest BCUT2D eigenvalue weighted by Gasteiger charge is 2.18. The SMILES string of the molecule is N#Cc1cc(F)cc([C@@H]2CCON2)c1. The lowest BCUT2D eigenvalue weighted by Crippen LogP contribution is -2.11. The molecule has 0 aromatic heterocycles. The van der Waals surface area contributed by atoms with Crippen molar-refractivity contribution >= 4 is 0 Å². The Kier molecular flexibility index (Phi) is 2.44. The van der Waals surface area contributed by atoms with E-state index in [2.05, 4.69) is 5.48 Å². The molecule has 0 radical (unpaired) electrons. The zero-order valence-corrected chi connectivity index (χ0v) is 7.46. The van der Waals surface area contributed by atoms with Gasteiger partial charge in [0.1, 0.15) is 5.82 Å². The average molecular weight is 192 g/mol. The van der Waals surface area contributed by atoms with Gasteiger partial charge in [-0.3, -0.25) is 0 Å². The van der Waals surface area contributed by atoms with Crippen molar-refractivity contribution < 1.29 is 9.23 Å². The molecular weight excluding hydrogens is 183 g/mol. The van der Waals surface area contributed by atoms with Crippen LogP contribution in [0.3, 0.4) is 0 Å². The zero-order valence-electron chi connectivity index (χ0n) is 7.46. The van der Waals surface area contributed by atoms with Crippen molar-refractivity contribution in [2.24, 2.45) is 0 Å². The normalized spacial score (nSPS) is 20.7. The standard InChI is InChI=1S/C10H9FN2O/c11-9-4-7(6-12)3-8(5-9)10-1-2-14-13-10/h3-5,10,13H,1-2H2/t10-/m0/s1. The van der Waals surface area contributed by atoms with Gasteiger partial charge in [0.25, 0.3) is 0 Å². The third kappa shape index (κ3) is 1.74. The number of hydrogen-bond donors (Lipinski definition) is 1. The van der Waals surface area contributed by atoms with E-state index in [0.29, 0.717) is 12.2 Å². The summed E-state index contributed by atoms with van der Waals surface area (Å²) in [5, 5.41) is 8.66. The van der Waals surface area contributed by atoms with E-state index in [1.807, 2.05) is 6.07 Å². The first kappa shape index (κ1) is 9.13. The third-order valence-electron chi connectivity index (χ3n) is 2.19. The Morgan fingerprint density at radius 3 is 3.00 bits per heavy atom. The van der Waals surface area contributed by atoms with Gasteiger partial charge in [-0.1, -0.05) is 0 Å². The number of nitriles is 1. The fourth-order valence-corrected chi connectivity index (χ4v) is 1.51. The molecule has 1 N–H and O–H groups in total. The Morgan fingerprint density at radius 1 is 1.50 bits per heavy atom. The molecule has 0 unspecified atom stereocenters. The predicted octanol–water partition coefficient (Wildman–Crippen LogP) is 1.66. The van der Waals surface area contributed by atoms with Gasteiger partial charge in [0.15, 0.2) is 0 Å². The van der Waals surface area contributed by atoms with Crippen LogP contribution in [-0.2, 0) is 4.84 Å². The summed E-state index contributed by atoms with van der Waals surface area (Å²) in [4.78, 5) is 4.97. The number of nitrogens with zero attached hydrogens (tertiary/aromatic N) is 1. The molecule has 1 saturated heterocycles. The van der Waals surface area contributed by atoms with Crippen molar-refractivity contribution in [3.05, 3.63) is 35.1 Å². The van der Waals surface area contributed by atoms with E-state index in [-0.39, 0.29) is 11.9 Å². The van der Waals surface area contributed by atoms with Crippen LogP contribution in [0.2, 0.25) is 0 Å². The van der Waals surface area contributed by atoms with Crippen molar-refractivity contribution in [1.82, 2.24) is 5.48 Å². The molecule has 0 bridgehead atoms. The van der Waals surface area contributed by atoms with Gasteiger partial charge < -0.3 is 4.84 Å². The molecule has 1 aromatic rings. The van der Waals surface area contributed by atoms with Crippen LogP contribution in [0.25, 0.3) is 0 Å². The Bertz CT molecular complexity index is 380. The Morgan fingerprint density at radius 2 is 2.36 bits per heavy atom. The molecule has 1 heterocycles. The van der Waals surface area contributed by atoms with E-state index in [9.17, 15) is 4.39 Å². The van der Waals surface area contributed by atoms with E-state index < -0.39 is 0 Å². The molecule has 0 saturated carbocycles. The van der Waals surface area contributed by atoms with Crippen LogP contribution in [0, 0.1) is 17.1 Å². The second-order valence-electron chi connectivity index (χ2n) is 3.19. The smallest absolute Gasteiger partial charge is 0.124 e. The molecule has 2 rings (SSSR count). The quantitative estimate of drug-likeness (QED) is 0.736. The van der Waals surface area contributed by atoms with Gasteiger partial charge in [0, 0.05) is 0 Å². The molecule has 0 spiro atoms. The molecular formula is C10H9FN2O. The summed E-state index contributed by atoms with van der Waals surface area (Å²) in [7, 11) is 0. The third-order valence-corrected chi connectivity index (χ3v) is 2.19. The molecule has 1 fully saturated rings. The van der Waals surface area contributed by atoms with E-state index in [0.717, 1.165) is 12.0 Å². The molecule has 3 nitrogen and oxygen atoms in total. The number of halogens is 1. The van der Waals surface area contributed by atoms with Crippen molar-refractivity contribution in [3.63, 3.8) is 0 Å². The fourth-order valence-electron chi connectivity index (χ4n) is 1.51. The Balaban J connectivity index is 2.33. The summed E-state index contributed by atoms with van der Waals surface area (Å²) in [5.41, 5.74) is 3.88. The van der Waals surface area contributed by atoms with Crippen LogP contribution >= 0.6 is 0 Å². The first-order valence-electron chi connectivity index (χ1n) is 4.37. The number of hydrogen-bond acceptors (Lipinski definition) is 3. The fraction of sp³-hybridized carbons (Fsp3) is 0.300. The number of hydroxylamine groups is 1. The van der Waals surface area contributed by atoms with Crippen molar-refractivity contribution in [1.29, 1.82) is 5.26 Å². The first-order chi connectivity index (χ1) is 6.79. The van der Waals surface area contributed by atoms with Crippen molar-refractivity contribution in [3.8, 4) is 6.07 Å². The van der Waals surface area contributed by atoms with Crippen LogP contribution in [-0.4, -0.2) is 6.61 Å². The average Bonchev–Trinajstić information content (AvgIpc) is 2.69. The lowest BCUT2D eigenvalue weighted by molar-refractivity contribution is 0.0882. The topological polar surface area (TPSA) is 45.0 Å². The van der Waals surface area contributed by atoms with Crippen molar-refractivity contribution in [2.75, 3.05) is 6.61 Å². The highest BCUT2D eigenvalue weighted by atomic mass is 19.1. The van der Waals surface area contributed by atoms with Crippen LogP contribution in [0.15, 0.2) is 18.2 Å². The lowest BCUT2D eigenvalue weighted by atomic mass is 10.0.